The molecule has 0 atom stereocenters. The molecule has 7 N–H and O–H groups in total. The van der Waals surface area contributed by atoms with Gasteiger partial charge in [-0.3, -0.25) is 14.4 Å². The van der Waals surface area contributed by atoms with E-state index in [4.69, 9.17) is 85.4 Å². The van der Waals surface area contributed by atoms with Crippen molar-refractivity contribution >= 4 is 131 Å². The van der Waals surface area contributed by atoms with Crippen LogP contribution in [-0.4, -0.2) is 122 Å². The number of aryl methyl sites for hydroxylation is 2. The molecular formula is C94H92N4O24S. The van der Waals surface area contributed by atoms with E-state index >= 15 is 0 Å². The van der Waals surface area contributed by atoms with Crippen molar-refractivity contribution in [2.45, 2.75) is 61.2 Å². The SMILES string of the molecule is CCOC(=O)c1cc2cc(C)ccc2o1.CCOC(=O)c1cc2cc(C=O)ccc2o1.CCOC(=O)c1cc2cc(CNc3cc(OC)c(OC)c(OC)c3)ccc2o1.CCOC(=O)c1cc2cc(CO)ccc2o1.COc1cc(NCc2ccc3oc(C(=O)Nc4cc(-c5cccs5)ccc4N)cc3c2)cc(OC)c1OC.Cc1ccc(O)c(C=O)c1. The second-order valence-electron chi connectivity index (χ2n) is 26.6. The number of phenolic OH excluding ortho intramolecular Hbond substituents is 1. The first-order valence-electron chi connectivity index (χ1n) is 38.4. The Morgan fingerprint density at radius 2 is 0.813 bits per heavy atom. The number of nitrogens with one attached hydrogen (secondary N) is 3. The zero-order chi connectivity index (χ0) is 88.2. The summed E-state index contributed by atoms with van der Waals surface area (Å²) >= 11 is 1.62. The smallest absolute Gasteiger partial charge is 0.374 e. The van der Waals surface area contributed by atoms with Gasteiger partial charge in [0.25, 0.3) is 5.91 Å². The summed E-state index contributed by atoms with van der Waals surface area (Å²) in [5, 5.41) is 33.7. The summed E-state index contributed by atoms with van der Waals surface area (Å²) in [6.45, 7) is 13.2. The number of rotatable bonds is 26. The number of esters is 4. The summed E-state index contributed by atoms with van der Waals surface area (Å²) in [5.74, 6) is 2.21. The number of carbonyl (C=O) groups excluding carboxylic acids is 7. The van der Waals surface area contributed by atoms with Gasteiger partial charge in [0.2, 0.25) is 34.5 Å². The largest absolute Gasteiger partial charge is 0.507 e. The number of phenols is 1. The quantitative estimate of drug-likeness (QED) is 0.0127. The van der Waals surface area contributed by atoms with Gasteiger partial charge in [-0.15, -0.1) is 11.3 Å². The van der Waals surface area contributed by atoms with Crippen LogP contribution in [0.1, 0.15) is 129 Å². The molecule has 28 nitrogen and oxygen atoms in total. The van der Waals surface area contributed by atoms with Gasteiger partial charge in [-0.05, 0) is 197 Å². The topological polar surface area (TPSA) is 380 Å². The molecule has 638 valence electrons. The number of fused-ring (bicyclic) bond motifs is 5. The van der Waals surface area contributed by atoms with Crippen molar-refractivity contribution in [2.75, 3.05) is 90.8 Å². The van der Waals surface area contributed by atoms with E-state index in [9.17, 15) is 33.6 Å². The highest BCUT2D eigenvalue weighted by Crippen LogP contribution is 2.42. The molecule has 29 heteroatoms. The highest BCUT2D eigenvalue weighted by molar-refractivity contribution is 7.13. The first kappa shape index (κ1) is 90.4. The molecular weight excluding hydrogens is 1600 g/mol. The fourth-order valence-corrected chi connectivity index (χ4v) is 12.9. The summed E-state index contributed by atoms with van der Waals surface area (Å²) in [6.07, 6.45) is 1.39. The number of hydrogen-bond acceptors (Lipinski definition) is 28. The van der Waals surface area contributed by atoms with Crippen molar-refractivity contribution in [3.63, 3.8) is 0 Å². The molecule has 15 rings (SSSR count). The Hall–Kier alpha value is -15.0. The molecule has 0 aliphatic rings. The average molecular weight is 1690 g/mol. The first-order valence-corrected chi connectivity index (χ1v) is 39.3. The van der Waals surface area contributed by atoms with E-state index in [0.717, 1.165) is 77.5 Å². The Morgan fingerprint density at radius 1 is 0.423 bits per heavy atom. The second kappa shape index (κ2) is 43.7. The minimum absolute atomic E-state index is 0.0319. The number of nitrogens with two attached hydrogens (primary N) is 1. The molecule has 9 aromatic carbocycles. The van der Waals surface area contributed by atoms with Gasteiger partial charge < -0.3 is 101 Å². The van der Waals surface area contributed by atoms with Gasteiger partial charge in [0.1, 0.15) is 40.0 Å². The van der Waals surface area contributed by atoms with E-state index in [1.165, 1.54) is 6.07 Å². The number of hydrogen-bond donors (Lipinski definition) is 6. The lowest BCUT2D eigenvalue weighted by molar-refractivity contribution is 0.0484. The van der Waals surface area contributed by atoms with Crippen LogP contribution in [0.2, 0.25) is 0 Å². The highest BCUT2D eigenvalue weighted by atomic mass is 32.1. The number of aromatic hydroxyl groups is 1. The van der Waals surface area contributed by atoms with E-state index < -0.39 is 23.9 Å². The Labute approximate surface area is 710 Å². The van der Waals surface area contributed by atoms with E-state index in [1.807, 2.05) is 122 Å². The fourth-order valence-electron chi connectivity index (χ4n) is 12.2. The average Bonchev–Trinajstić information content (AvgIpc) is 1.78. The van der Waals surface area contributed by atoms with Crippen molar-refractivity contribution < 1.29 is 113 Å². The van der Waals surface area contributed by atoms with Crippen LogP contribution in [0.15, 0.2) is 222 Å². The normalized spacial score (nSPS) is 10.5. The van der Waals surface area contributed by atoms with Crippen molar-refractivity contribution in [1.29, 1.82) is 0 Å². The standard InChI is InChI=1S/C29H27N3O5S.C21H23NO6.C12H12O4.C12H10O4.C12H12O3.C8H8O2/c1-34-24-14-20(15-25(35-2)28(24)36-3)31-16-17-6-9-23-19(11-17)13-26(37-23)29(33)32-22-12-18(7-8-21(22)30)27-5-4-10-38-27;1-5-27-21(23)19-9-14-8-13(6-7-16(14)28-19)12-22-15-10-17(24-2)20(26-4)18(11-15)25-3;2*1-2-15-12(14)11-6-9-5-8(7-13)3-4-10(9)16-11;1-3-14-12(13)11-7-9-6-8(2)4-5-10(9)15-11;1-6-2-3-8(10)7(4-6)5-9/h4-15,31H,16,30H2,1-3H3,(H,32,33);6-11,22H,5,12H2,1-4H3;3-6,13H,2,7H2,1H3;3-7H,2H2,1H3;4-7H,3H2,1-2H3;2-5,10H,1H3. The number of aldehydes is 2. The summed E-state index contributed by atoms with van der Waals surface area (Å²) in [6, 6.07) is 57.7. The molecule has 15 aromatic rings. The molecule has 0 spiro atoms. The number of thiophene rings is 1. The number of aliphatic hydroxyl groups is 1. The summed E-state index contributed by atoms with van der Waals surface area (Å²) < 4.78 is 79.2. The molecule has 0 unspecified atom stereocenters. The van der Waals surface area contributed by atoms with Gasteiger partial charge in [-0.2, -0.15) is 0 Å². The number of ether oxygens (including phenoxy) is 10. The maximum atomic E-state index is 13.0. The number of carbonyl (C=O) groups is 7. The Balaban J connectivity index is 0.000000164. The Morgan fingerprint density at radius 3 is 1.21 bits per heavy atom. The monoisotopic (exact) mass is 1690 g/mol. The predicted octanol–water partition coefficient (Wildman–Crippen LogP) is 19.8. The van der Waals surface area contributed by atoms with Gasteiger partial charge in [-0.1, -0.05) is 53.6 Å². The molecule has 0 saturated heterocycles. The lowest BCUT2D eigenvalue weighted by atomic mass is 10.1. The van der Waals surface area contributed by atoms with Crippen molar-refractivity contribution in [1.82, 2.24) is 0 Å². The summed E-state index contributed by atoms with van der Waals surface area (Å²) in [5.41, 5.74) is 18.7. The fraction of sp³-hybridized carbons (Fsp3) is 0.202. The predicted molar refractivity (Wildman–Crippen MR) is 468 cm³/mol. The zero-order valence-corrected chi connectivity index (χ0v) is 70.3. The van der Waals surface area contributed by atoms with E-state index in [-0.39, 0.29) is 47.1 Å². The minimum atomic E-state index is -0.494. The zero-order valence-electron chi connectivity index (χ0n) is 69.5. The number of amides is 1. The number of anilines is 4. The molecule has 0 radical (unpaired) electrons. The lowest BCUT2D eigenvalue weighted by Crippen LogP contribution is -2.12. The number of benzene rings is 9. The Kier molecular flexibility index (Phi) is 32.1. The van der Waals surface area contributed by atoms with E-state index in [1.54, 1.807) is 167 Å². The number of nitrogen functional groups attached to an aromatic ring is 1. The van der Waals surface area contributed by atoms with Crippen molar-refractivity contribution in [3.05, 3.63) is 267 Å². The lowest BCUT2D eigenvalue weighted by Gasteiger charge is -2.15. The molecule has 1 amide bonds. The van der Waals surface area contributed by atoms with Gasteiger partial charge in [0.15, 0.2) is 35.0 Å². The number of methoxy groups -OCH3 is 6. The Bertz CT molecular complexity index is 6140. The molecule has 6 heterocycles. The molecule has 0 saturated carbocycles. The molecule has 0 fully saturated rings. The molecule has 0 aliphatic carbocycles. The first-order chi connectivity index (χ1) is 59.5. The molecule has 6 aromatic heterocycles. The van der Waals surface area contributed by atoms with Gasteiger partial charge in [-0.25, -0.2) is 19.2 Å². The van der Waals surface area contributed by atoms with Crippen LogP contribution in [0.5, 0.6) is 40.2 Å². The van der Waals surface area contributed by atoms with Crippen LogP contribution in [0.3, 0.4) is 0 Å². The second-order valence-corrected chi connectivity index (χ2v) is 27.6. The maximum absolute atomic E-state index is 13.0. The third kappa shape index (κ3) is 23.7. The van der Waals surface area contributed by atoms with Crippen LogP contribution in [0.4, 0.5) is 22.7 Å². The van der Waals surface area contributed by atoms with Crippen molar-refractivity contribution in [3.8, 4) is 50.7 Å². The number of aliphatic hydroxyl groups excluding tert-OH is 1. The number of furan rings is 5. The summed E-state index contributed by atoms with van der Waals surface area (Å²) in [7, 11) is 9.45. The van der Waals surface area contributed by atoms with Crippen LogP contribution in [-0.2, 0) is 38.6 Å². The summed E-state index contributed by atoms with van der Waals surface area (Å²) in [4.78, 5) is 80.9. The third-order valence-electron chi connectivity index (χ3n) is 18.1. The van der Waals surface area contributed by atoms with Gasteiger partial charge in [0, 0.05) is 86.1 Å². The van der Waals surface area contributed by atoms with E-state index in [0.29, 0.717) is 136 Å². The molecule has 0 aliphatic heterocycles. The van der Waals surface area contributed by atoms with Gasteiger partial charge in [0.05, 0.1) is 92.6 Å². The van der Waals surface area contributed by atoms with Gasteiger partial charge >= 0.3 is 23.9 Å². The molecule has 123 heavy (non-hydrogen) atoms. The highest BCUT2D eigenvalue weighted by Gasteiger charge is 2.21. The van der Waals surface area contributed by atoms with Crippen LogP contribution >= 0.6 is 11.3 Å². The van der Waals surface area contributed by atoms with Crippen LogP contribution in [0.25, 0.3) is 65.3 Å². The molecule has 0 bridgehead atoms. The van der Waals surface area contributed by atoms with Crippen molar-refractivity contribution in [2.24, 2.45) is 0 Å². The third-order valence-corrected chi connectivity index (χ3v) is 19.1. The van der Waals surface area contributed by atoms with E-state index in [2.05, 4.69) is 16.0 Å². The maximum Gasteiger partial charge on any atom is 0.374 e. The van der Waals surface area contributed by atoms with Crippen LogP contribution < -0.4 is 50.1 Å². The van der Waals surface area contributed by atoms with Crippen LogP contribution in [0, 0.1) is 13.8 Å². The minimum Gasteiger partial charge on any atom is -0.507 e.